The van der Waals surface area contributed by atoms with Crippen molar-refractivity contribution in [3.05, 3.63) is 17.6 Å². The molecule has 6 heteroatoms. The second-order valence-electron chi connectivity index (χ2n) is 5.34. The summed E-state index contributed by atoms with van der Waals surface area (Å²) in [5.41, 5.74) is 10.3. The third kappa shape index (κ3) is 3.10. The van der Waals surface area contributed by atoms with Crippen molar-refractivity contribution < 1.29 is 4.79 Å². The number of nitrogens with two attached hydrogens (primary N) is 1. The predicted octanol–water partition coefficient (Wildman–Crippen LogP) is 2.69. The van der Waals surface area contributed by atoms with Gasteiger partial charge in [0.1, 0.15) is 5.52 Å². The number of piperidine rings is 1. The minimum atomic E-state index is 0.232. The minimum Gasteiger partial charge on any atom is -0.395 e. The van der Waals surface area contributed by atoms with Gasteiger partial charge in [-0.15, -0.1) is 11.3 Å². The summed E-state index contributed by atoms with van der Waals surface area (Å²) in [5.74, 6) is 0.232. The van der Waals surface area contributed by atoms with Crippen LogP contribution in [0.5, 0.6) is 0 Å². The summed E-state index contributed by atoms with van der Waals surface area (Å²) in [6.07, 6.45) is 4.01. The molecule has 1 saturated heterocycles. The van der Waals surface area contributed by atoms with Crippen LogP contribution in [0.15, 0.2) is 17.6 Å². The summed E-state index contributed by atoms with van der Waals surface area (Å²) in [5, 5.41) is 3.26. The van der Waals surface area contributed by atoms with E-state index in [1.54, 1.807) is 16.8 Å². The summed E-state index contributed by atoms with van der Waals surface area (Å²) < 4.78 is 1.09. The Hall–Kier alpha value is -1.82. The van der Waals surface area contributed by atoms with Gasteiger partial charge in [-0.2, -0.15) is 0 Å². The fourth-order valence-corrected chi connectivity index (χ4v) is 3.40. The van der Waals surface area contributed by atoms with Crippen LogP contribution in [-0.2, 0) is 4.79 Å². The lowest BCUT2D eigenvalue weighted by molar-refractivity contribution is -0.131. The summed E-state index contributed by atoms with van der Waals surface area (Å²) in [4.78, 5) is 18.3. The van der Waals surface area contributed by atoms with Crippen LogP contribution in [0.3, 0.4) is 0 Å². The molecule has 3 N–H and O–H groups in total. The average Bonchev–Trinajstić information content (AvgIpc) is 3.00. The van der Waals surface area contributed by atoms with E-state index < -0.39 is 0 Å². The normalized spacial score (nSPS) is 15.3. The van der Waals surface area contributed by atoms with Crippen molar-refractivity contribution in [2.75, 3.05) is 30.7 Å². The molecule has 21 heavy (non-hydrogen) atoms. The number of carbonyl (C=O) groups is 1. The zero-order valence-corrected chi connectivity index (χ0v) is 12.8. The molecule has 2 heterocycles. The van der Waals surface area contributed by atoms with E-state index >= 15 is 0 Å². The van der Waals surface area contributed by atoms with Crippen LogP contribution in [0.4, 0.5) is 11.4 Å². The topological polar surface area (TPSA) is 71.2 Å². The fourth-order valence-electron chi connectivity index (χ4n) is 2.71. The molecule has 0 radical (unpaired) electrons. The zero-order valence-electron chi connectivity index (χ0n) is 12.0. The number of nitrogens with zero attached hydrogens (tertiary/aromatic N) is 2. The van der Waals surface area contributed by atoms with Crippen molar-refractivity contribution in [2.45, 2.75) is 25.7 Å². The van der Waals surface area contributed by atoms with Gasteiger partial charge in [0.2, 0.25) is 5.91 Å². The maximum absolute atomic E-state index is 12.1. The first-order valence-corrected chi connectivity index (χ1v) is 8.27. The van der Waals surface area contributed by atoms with Crippen LogP contribution in [0.25, 0.3) is 10.2 Å². The number of nitrogen functional groups attached to an aromatic ring is 1. The number of amides is 1. The van der Waals surface area contributed by atoms with Gasteiger partial charge in [-0.1, -0.05) is 0 Å². The smallest absolute Gasteiger partial charge is 0.224 e. The number of anilines is 2. The van der Waals surface area contributed by atoms with E-state index in [1.165, 1.54) is 6.42 Å². The molecular formula is C15H20N4OS. The Bertz CT molecular complexity index is 634. The maximum Gasteiger partial charge on any atom is 0.224 e. The van der Waals surface area contributed by atoms with E-state index in [9.17, 15) is 4.79 Å². The predicted molar refractivity (Wildman–Crippen MR) is 87.6 cm³/mol. The van der Waals surface area contributed by atoms with Gasteiger partial charge in [0.15, 0.2) is 0 Å². The Labute approximate surface area is 128 Å². The molecule has 1 aromatic heterocycles. The highest BCUT2D eigenvalue weighted by Gasteiger charge is 2.16. The first-order chi connectivity index (χ1) is 10.3. The molecular weight excluding hydrogens is 284 g/mol. The monoisotopic (exact) mass is 304 g/mol. The van der Waals surface area contributed by atoms with E-state index in [-0.39, 0.29) is 5.91 Å². The molecule has 0 aliphatic carbocycles. The molecule has 1 amide bonds. The molecule has 1 aliphatic rings. The average molecular weight is 304 g/mol. The molecule has 112 valence electrons. The standard InChI is InChI=1S/C15H20N4OS/c16-14-11(4-5-12-15(14)18-10-21-12)17-7-6-13(20)19-8-2-1-3-9-19/h4-5,10,17H,1-3,6-9,16H2. The molecule has 0 spiro atoms. The number of benzene rings is 1. The number of aromatic nitrogens is 1. The van der Waals surface area contributed by atoms with Crippen molar-refractivity contribution >= 4 is 38.8 Å². The van der Waals surface area contributed by atoms with Crippen LogP contribution in [-0.4, -0.2) is 35.4 Å². The van der Waals surface area contributed by atoms with Gasteiger partial charge in [-0.3, -0.25) is 4.79 Å². The van der Waals surface area contributed by atoms with Crippen LogP contribution in [0.1, 0.15) is 25.7 Å². The van der Waals surface area contributed by atoms with E-state index in [1.807, 2.05) is 17.0 Å². The lowest BCUT2D eigenvalue weighted by atomic mass is 10.1. The van der Waals surface area contributed by atoms with E-state index in [0.717, 1.165) is 41.8 Å². The molecule has 1 aromatic carbocycles. The Morgan fingerprint density at radius 1 is 1.33 bits per heavy atom. The van der Waals surface area contributed by atoms with Crippen molar-refractivity contribution in [1.29, 1.82) is 0 Å². The molecule has 0 unspecified atom stereocenters. The van der Waals surface area contributed by atoms with Crippen LogP contribution in [0.2, 0.25) is 0 Å². The summed E-state index contributed by atoms with van der Waals surface area (Å²) in [6, 6.07) is 3.97. The quantitative estimate of drug-likeness (QED) is 0.852. The first kappa shape index (κ1) is 14.1. The highest BCUT2D eigenvalue weighted by molar-refractivity contribution is 7.16. The number of likely N-dealkylation sites (tertiary alicyclic amines) is 1. The van der Waals surface area contributed by atoms with Crippen molar-refractivity contribution in [3.8, 4) is 0 Å². The molecule has 0 bridgehead atoms. The van der Waals surface area contributed by atoms with Crippen LogP contribution in [0, 0.1) is 0 Å². The second kappa shape index (κ2) is 6.30. The SMILES string of the molecule is Nc1c(NCCC(=O)N2CCCCC2)ccc2scnc12. The Kier molecular flexibility index (Phi) is 4.24. The Morgan fingerprint density at radius 2 is 2.14 bits per heavy atom. The van der Waals surface area contributed by atoms with Gasteiger partial charge in [0.25, 0.3) is 0 Å². The second-order valence-corrected chi connectivity index (χ2v) is 6.23. The summed E-state index contributed by atoms with van der Waals surface area (Å²) >= 11 is 1.58. The van der Waals surface area contributed by atoms with E-state index in [4.69, 9.17) is 5.73 Å². The number of rotatable bonds is 4. The summed E-state index contributed by atoms with van der Waals surface area (Å²) in [6.45, 7) is 2.42. The highest BCUT2D eigenvalue weighted by atomic mass is 32.1. The Balaban J connectivity index is 1.56. The number of thiazole rings is 1. The maximum atomic E-state index is 12.1. The minimum absolute atomic E-state index is 0.232. The third-order valence-electron chi connectivity index (χ3n) is 3.90. The molecule has 2 aromatic rings. The fraction of sp³-hybridized carbons (Fsp3) is 0.467. The molecule has 0 atom stereocenters. The number of carbonyl (C=O) groups excluding carboxylic acids is 1. The number of nitrogens with one attached hydrogen (secondary N) is 1. The Morgan fingerprint density at radius 3 is 2.95 bits per heavy atom. The van der Waals surface area contributed by atoms with Gasteiger partial charge in [-0.25, -0.2) is 4.98 Å². The lowest BCUT2D eigenvalue weighted by Crippen LogP contribution is -2.36. The zero-order chi connectivity index (χ0) is 14.7. The highest BCUT2D eigenvalue weighted by Crippen LogP contribution is 2.29. The van der Waals surface area contributed by atoms with E-state index in [0.29, 0.717) is 18.7 Å². The number of fused-ring (bicyclic) bond motifs is 1. The first-order valence-electron chi connectivity index (χ1n) is 7.39. The molecule has 1 fully saturated rings. The van der Waals surface area contributed by atoms with Gasteiger partial charge < -0.3 is 16.0 Å². The largest absolute Gasteiger partial charge is 0.395 e. The van der Waals surface area contributed by atoms with Gasteiger partial charge in [-0.05, 0) is 31.4 Å². The van der Waals surface area contributed by atoms with Gasteiger partial charge in [0, 0.05) is 26.1 Å². The number of hydrogen-bond acceptors (Lipinski definition) is 5. The number of hydrogen-bond donors (Lipinski definition) is 2. The molecule has 0 saturated carbocycles. The molecule has 5 nitrogen and oxygen atoms in total. The van der Waals surface area contributed by atoms with Gasteiger partial charge >= 0.3 is 0 Å². The van der Waals surface area contributed by atoms with Gasteiger partial charge in [0.05, 0.1) is 21.6 Å². The van der Waals surface area contributed by atoms with Crippen molar-refractivity contribution in [3.63, 3.8) is 0 Å². The van der Waals surface area contributed by atoms with Crippen molar-refractivity contribution in [1.82, 2.24) is 9.88 Å². The van der Waals surface area contributed by atoms with E-state index in [2.05, 4.69) is 10.3 Å². The third-order valence-corrected chi connectivity index (χ3v) is 4.70. The van der Waals surface area contributed by atoms with Crippen molar-refractivity contribution in [2.24, 2.45) is 0 Å². The van der Waals surface area contributed by atoms with Crippen LogP contribution < -0.4 is 11.1 Å². The summed E-state index contributed by atoms with van der Waals surface area (Å²) in [7, 11) is 0. The van der Waals surface area contributed by atoms with Crippen LogP contribution >= 0.6 is 11.3 Å². The molecule has 3 rings (SSSR count). The lowest BCUT2D eigenvalue weighted by Gasteiger charge is -2.26. The molecule has 1 aliphatic heterocycles.